The Morgan fingerprint density at radius 1 is 1.23 bits per heavy atom. The minimum atomic E-state index is -4.54. The minimum absolute atomic E-state index is 0.124. The van der Waals surface area contributed by atoms with Crippen molar-refractivity contribution in [3.8, 4) is 0 Å². The molecular formula is C15H21F3N2O2. The fourth-order valence-corrected chi connectivity index (χ4v) is 2.01. The van der Waals surface area contributed by atoms with Crippen LogP contribution >= 0.6 is 0 Å². The first kappa shape index (κ1) is 18.3. The third-order valence-corrected chi connectivity index (χ3v) is 3.25. The first-order valence-corrected chi connectivity index (χ1v) is 6.90. The van der Waals surface area contributed by atoms with Crippen LogP contribution in [0.2, 0.25) is 0 Å². The van der Waals surface area contributed by atoms with Gasteiger partial charge in [-0.25, -0.2) is 4.79 Å². The van der Waals surface area contributed by atoms with E-state index >= 15 is 0 Å². The molecule has 0 aromatic heterocycles. The molecule has 7 heteroatoms. The Hall–Kier alpha value is -1.76. The lowest BCUT2D eigenvalue weighted by Gasteiger charge is -2.31. The maximum Gasteiger partial charge on any atom is 0.418 e. The summed E-state index contributed by atoms with van der Waals surface area (Å²) in [6.45, 7) is 5.49. The number of amides is 2. The van der Waals surface area contributed by atoms with E-state index in [1.54, 1.807) is 0 Å². The van der Waals surface area contributed by atoms with E-state index in [0.717, 1.165) is 6.07 Å². The number of carbonyl (C=O) groups is 1. The van der Waals surface area contributed by atoms with Crippen molar-refractivity contribution < 1.29 is 23.1 Å². The molecule has 0 aliphatic carbocycles. The first-order valence-electron chi connectivity index (χ1n) is 6.90. The van der Waals surface area contributed by atoms with E-state index < -0.39 is 17.8 Å². The van der Waals surface area contributed by atoms with Gasteiger partial charge in [0.05, 0.1) is 11.3 Å². The number of benzene rings is 1. The van der Waals surface area contributed by atoms with Crippen molar-refractivity contribution in [3.63, 3.8) is 0 Å². The highest BCUT2D eigenvalue weighted by Gasteiger charge is 2.34. The Kier molecular flexibility index (Phi) is 5.82. The van der Waals surface area contributed by atoms with Crippen molar-refractivity contribution in [1.29, 1.82) is 0 Å². The number of urea groups is 1. The van der Waals surface area contributed by atoms with Gasteiger partial charge in [-0.1, -0.05) is 32.9 Å². The number of rotatable bonds is 4. The fourth-order valence-electron chi connectivity index (χ4n) is 2.01. The van der Waals surface area contributed by atoms with Crippen molar-refractivity contribution in [1.82, 2.24) is 5.32 Å². The summed E-state index contributed by atoms with van der Waals surface area (Å²) in [5.41, 5.74) is -1.53. The molecule has 0 aliphatic heterocycles. The standard InChI is InChI=1S/C15H21F3N2O2/c1-14(2,3)12(8-9-21)20-13(22)19-11-7-5-4-6-10(11)15(16,17)18/h4-7,12,21H,8-9H2,1-3H3,(H2,19,20,22)/t12-/m0/s1. The zero-order valence-corrected chi connectivity index (χ0v) is 12.8. The Balaban J connectivity index is 2.85. The third kappa shape index (κ3) is 5.22. The molecule has 0 spiro atoms. The molecule has 124 valence electrons. The van der Waals surface area contributed by atoms with Crippen molar-refractivity contribution in [2.24, 2.45) is 5.41 Å². The number of aliphatic hydroxyl groups is 1. The summed E-state index contributed by atoms with van der Waals surface area (Å²) < 4.78 is 38.6. The molecule has 0 radical (unpaired) electrons. The van der Waals surface area contributed by atoms with Gasteiger partial charge in [0.25, 0.3) is 0 Å². The normalized spacial score (nSPS) is 13.6. The zero-order valence-electron chi connectivity index (χ0n) is 12.8. The molecule has 3 N–H and O–H groups in total. The van der Waals surface area contributed by atoms with Crippen LogP contribution in [0.1, 0.15) is 32.8 Å². The second kappa shape index (κ2) is 7.00. The minimum Gasteiger partial charge on any atom is -0.396 e. The van der Waals surface area contributed by atoms with Crippen LogP contribution in [0.5, 0.6) is 0 Å². The molecule has 0 unspecified atom stereocenters. The van der Waals surface area contributed by atoms with Crippen LogP contribution < -0.4 is 10.6 Å². The highest BCUT2D eigenvalue weighted by molar-refractivity contribution is 5.90. The fraction of sp³-hybridized carbons (Fsp3) is 0.533. The lowest BCUT2D eigenvalue weighted by atomic mass is 9.85. The van der Waals surface area contributed by atoms with Crippen LogP contribution in [0.15, 0.2) is 24.3 Å². The first-order chi connectivity index (χ1) is 10.1. The molecule has 1 rings (SSSR count). The average Bonchev–Trinajstić information content (AvgIpc) is 2.36. The van der Waals surface area contributed by atoms with Gasteiger partial charge in [0.15, 0.2) is 0 Å². The monoisotopic (exact) mass is 318 g/mol. The molecule has 0 aliphatic rings. The van der Waals surface area contributed by atoms with Gasteiger partial charge in [-0.2, -0.15) is 13.2 Å². The number of anilines is 1. The second-order valence-corrected chi connectivity index (χ2v) is 6.07. The number of aliphatic hydroxyl groups excluding tert-OH is 1. The van der Waals surface area contributed by atoms with Crippen molar-refractivity contribution in [2.75, 3.05) is 11.9 Å². The van der Waals surface area contributed by atoms with Crippen LogP contribution in [0.3, 0.4) is 0 Å². The van der Waals surface area contributed by atoms with Gasteiger partial charge in [-0.3, -0.25) is 0 Å². The summed E-state index contributed by atoms with van der Waals surface area (Å²) in [7, 11) is 0. The van der Waals surface area contributed by atoms with Crippen LogP contribution in [-0.4, -0.2) is 23.8 Å². The van der Waals surface area contributed by atoms with E-state index in [-0.39, 0.29) is 23.8 Å². The zero-order chi connectivity index (χ0) is 17.0. The van der Waals surface area contributed by atoms with E-state index in [2.05, 4.69) is 10.6 Å². The molecule has 0 bridgehead atoms. The van der Waals surface area contributed by atoms with Crippen LogP contribution in [0.4, 0.5) is 23.7 Å². The highest BCUT2D eigenvalue weighted by atomic mass is 19.4. The maximum atomic E-state index is 12.9. The lowest BCUT2D eigenvalue weighted by Crippen LogP contribution is -2.46. The molecule has 1 atom stereocenters. The lowest BCUT2D eigenvalue weighted by molar-refractivity contribution is -0.136. The van der Waals surface area contributed by atoms with E-state index in [4.69, 9.17) is 5.11 Å². The SMILES string of the molecule is CC(C)(C)[C@H](CCO)NC(=O)Nc1ccccc1C(F)(F)F. The summed E-state index contributed by atoms with van der Waals surface area (Å²) in [6.07, 6.45) is -4.23. The van der Waals surface area contributed by atoms with Crippen molar-refractivity contribution >= 4 is 11.7 Å². The second-order valence-electron chi connectivity index (χ2n) is 6.07. The Labute approximate surface area is 127 Å². The molecule has 0 heterocycles. The van der Waals surface area contributed by atoms with Crippen molar-refractivity contribution in [2.45, 2.75) is 39.4 Å². The smallest absolute Gasteiger partial charge is 0.396 e. The summed E-state index contributed by atoms with van der Waals surface area (Å²) >= 11 is 0. The van der Waals surface area contributed by atoms with Gasteiger partial charge in [-0.15, -0.1) is 0 Å². The van der Waals surface area contributed by atoms with E-state index in [0.29, 0.717) is 6.42 Å². The van der Waals surface area contributed by atoms with Gasteiger partial charge in [0.1, 0.15) is 0 Å². The molecule has 2 amide bonds. The number of nitrogens with one attached hydrogen (secondary N) is 2. The van der Waals surface area contributed by atoms with Gasteiger partial charge in [0, 0.05) is 12.6 Å². The van der Waals surface area contributed by atoms with E-state index in [9.17, 15) is 18.0 Å². The number of halogens is 3. The molecule has 22 heavy (non-hydrogen) atoms. The third-order valence-electron chi connectivity index (χ3n) is 3.25. The average molecular weight is 318 g/mol. The number of para-hydroxylation sites is 1. The Morgan fingerprint density at radius 3 is 2.32 bits per heavy atom. The quantitative estimate of drug-likeness (QED) is 0.794. The summed E-state index contributed by atoms with van der Waals surface area (Å²) in [5, 5.41) is 13.9. The maximum absolute atomic E-state index is 12.9. The molecule has 0 saturated heterocycles. The van der Waals surface area contributed by atoms with E-state index in [1.807, 2.05) is 20.8 Å². The molecule has 0 fully saturated rings. The van der Waals surface area contributed by atoms with Crippen LogP contribution in [0, 0.1) is 5.41 Å². The van der Waals surface area contributed by atoms with Crippen LogP contribution in [-0.2, 0) is 6.18 Å². The van der Waals surface area contributed by atoms with Crippen molar-refractivity contribution in [3.05, 3.63) is 29.8 Å². The summed E-state index contributed by atoms with van der Waals surface area (Å²) in [4.78, 5) is 12.0. The van der Waals surface area contributed by atoms with E-state index in [1.165, 1.54) is 18.2 Å². The Bertz CT molecular complexity index is 510. The molecule has 1 aromatic rings. The molecular weight excluding hydrogens is 297 g/mol. The largest absolute Gasteiger partial charge is 0.418 e. The van der Waals surface area contributed by atoms with Gasteiger partial charge >= 0.3 is 12.2 Å². The Morgan fingerprint density at radius 2 is 1.82 bits per heavy atom. The number of alkyl halides is 3. The predicted molar refractivity (Wildman–Crippen MR) is 78.5 cm³/mol. The number of hydrogen-bond acceptors (Lipinski definition) is 2. The van der Waals surface area contributed by atoms with Gasteiger partial charge < -0.3 is 15.7 Å². The van der Waals surface area contributed by atoms with Crippen LogP contribution in [0.25, 0.3) is 0 Å². The number of carbonyl (C=O) groups excluding carboxylic acids is 1. The van der Waals surface area contributed by atoms with Gasteiger partial charge in [-0.05, 0) is 24.0 Å². The highest BCUT2D eigenvalue weighted by Crippen LogP contribution is 2.34. The number of hydrogen-bond donors (Lipinski definition) is 3. The summed E-state index contributed by atoms with van der Waals surface area (Å²) in [5.74, 6) is 0. The van der Waals surface area contributed by atoms with Gasteiger partial charge in [0.2, 0.25) is 0 Å². The molecule has 4 nitrogen and oxygen atoms in total. The predicted octanol–water partition coefficient (Wildman–Crippen LogP) is 3.62. The summed E-state index contributed by atoms with van der Waals surface area (Å²) in [6, 6.07) is 3.68. The molecule has 0 saturated carbocycles. The topological polar surface area (TPSA) is 61.4 Å². The molecule has 1 aromatic carbocycles.